The van der Waals surface area contributed by atoms with Crippen molar-refractivity contribution in [2.75, 3.05) is 0 Å². The summed E-state index contributed by atoms with van der Waals surface area (Å²) in [7, 11) is 0. The fourth-order valence-corrected chi connectivity index (χ4v) is 1.12. The second-order valence-electron chi connectivity index (χ2n) is 2.87. The Hall–Kier alpha value is -1.53. The fraction of sp³-hybridized carbons (Fsp3) is 0.250. The number of halogens is 1. The molecule has 0 aliphatic rings. The molecule has 0 bridgehead atoms. The number of aromatic nitrogens is 5. The molecule has 2 N–H and O–H groups in total. The van der Waals surface area contributed by atoms with E-state index in [0.717, 1.165) is 0 Å². The van der Waals surface area contributed by atoms with Crippen LogP contribution in [-0.4, -0.2) is 24.7 Å². The highest BCUT2D eigenvalue weighted by molar-refractivity contribution is 5.85. The molecule has 0 fully saturated rings. The summed E-state index contributed by atoms with van der Waals surface area (Å²) in [6, 6.07) is 1.55. The second kappa shape index (κ2) is 4.81. The first-order valence-corrected chi connectivity index (χ1v) is 4.22. The van der Waals surface area contributed by atoms with Crippen molar-refractivity contribution < 1.29 is 0 Å². The first-order chi connectivity index (χ1) is 6.79. The first kappa shape index (κ1) is 11.5. The number of hydrogen-bond donors (Lipinski definition) is 1. The third-order valence-corrected chi connectivity index (χ3v) is 1.72. The van der Waals surface area contributed by atoms with Crippen LogP contribution in [0, 0.1) is 0 Å². The van der Waals surface area contributed by atoms with Gasteiger partial charge in [0.25, 0.3) is 5.95 Å². The van der Waals surface area contributed by atoms with Gasteiger partial charge in [-0.25, -0.2) is 15.0 Å². The van der Waals surface area contributed by atoms with Gasteiger partial charge in [-0.3, -0.25) is 0 Å². The predicted octanol–water partition coefficient (Wildman–Crippen LogP) is 0.499. The average Bonchev–Trinajstić information content (AvgIpc) is 2.67. The largest absolute Gasteiger partial charge is 0.322 e. The lowest BCUT2D eigenvalue weighted by molar-refractivity contribution is 0.669. The molecule has 0 saturated carbocycles. The van der Waals surface area contributed by atoms with Crippen LogP contribution < -0.4 is 5.73 Å². The maximum absolute atomic E-state index is 5.72. The molecule has 6 nitrogen and oxygen atoms in total. The molecule has 0 unspecified atom stereocenters. The minimum absolute atomic E-state index is 0. The van der Waals surface area contributed by atoms with Crippen LogP contribution in [0.1, 0.15) is 18.8 Å². The Morgan fingerprint density at radius 2 is 1.93 bits per heavy atom. The van der Waals surface area contributed by atoms with Crippen molar-refractivity contribution in [3.05, 3.63) is 30.6 Å². The van der Waals surface area contributed by atoms with Gasteiger partial charge in [-0.05, 0) is 13.0 Å². The number of hydrogen-bond acceptors (Lipinski definition) is 5. The SMILES string of the molecule is C[C@H](N)c1ncnn1-c1ncccn1.Cl. The van der Waals surface area contributed by atoms with E-state index < -0.39 is 0 Å². The van der Waals surface area contributed by atoms with E-state index in [2.05, 4.69) is 20.1 Å². The molecule has 80 valence electrons. The molecule has 7 heteroatoms. The molecule has 0 spiro atoms. The lowest BCUT2D eigenvalue weighted by Gasteiger charge is -2.05. The van der Waals surface area contributed by atoms with Crippen molar-refractivity contribution in [2.24, 2.45) is 5.73 Å². The van der Waals surface area contributed by atoms with Gasteiger partial charge in [0.05, 0.1) is 6.04 Å². The van der Waals surface area contributed by atoms with E-state index in [1.807, 2.05) is 6.92 Å². The number of rotatable bonds is 2. The molecule has 0 aliphatic heterocycles. The Bertz CT molecular complexity index is 412. The van der Waals surface area contributed by atoms with Gasteiger partial charge in [-0.1, -0.05) is 0 Å². The van der Waals surface area contributed by atoms with Gasteiger partial charge in [0.2, 0.25) is 0 Å². The van der Waals surface area contributed by atoms with Crippen LogP contribution in [0.2, 0.25) is 0 Å². The molecule has 2 heterocycles. The molecular weight excluding hydrogens is 216 g/mol. The standard InChI is InChI=1S/C8H10N6.ClH/c1-6(9)7-12-5-13-14(7)8-10-3-2-4-11-8;/h2-6H,9H2,1H3;1H/t6-;/m0./s1. The van der Waals surface area contributed by atoms with E-state index >= 15 is 0 Å². The Labute approximate surface area is 93.0 Å². The Morgan fingerprint density at radius 3 is 2.53 bits per heavy atom. The third-order valence-electron chi connectivity index (χ3n) is 1.72. The normalized spacial score (nSPS) is 11.9. The number of nitrogens with zero attached hydrogens (tertiary/aromatic N) is 5. The molecule has 1 atom stereocenters. The molecular formula is C8H11ClN6. The van der Waals surface area contributed by atoms with Crippen molar-refractivity contribution in [1.29, 1.82) is 0 Å². The van der Waals surface area contributed by atoms with E-state index in [1.165, 1.54) is 11.0 Å². The minimum Gasteiger partial charge on any atom is -0.322 e. The van der Waals surface area contributed by atoms with Crippen LogP contribution in [0.4, 0.5) is 0 Å². The lowest BCUT2D eigenvalue weighted by Crippen LogP contribution is -2.14. The van der Waals surface area contributed by atoms with Crippen LogP contribution in [0.3, 0.4) is 0 Å². The average molecular weight is 227 g/mol. The van der Waals surface area contributed by atoms with Gasteiger partial charge in [0.1, 0.15) is 6.33 Å². The zero-order valence-electron chi connectivity index (χ0n) is 8.11. The summed E-state index contributed by atoms with van der Waals surface area (Å²) in [5.74, 6) is 1.13. The van der Waals surface area contributed by atoms with E-state index in [-0.39, 0.29) is 18.4 Å². The van der Waals surface area contributed by atoms with Crippen molar-refractivity contribution in [2.45, 2.75) is 13.0 Å². The van der Waals surface area contributed by atoms with Gasteiger partial charge in [-0.15, -0.1) is 12.4 Å². The quantitative estimate of drug-likeness (QED) is 0.806. The molecule has 0 radical (unpaired) electrons. The molecule has 0 aliphatic carbocycles. The van der Waals surface area contributed by atoms with E-state index in [4.69, 9.17) is 5.73 Å². The second-order valence-corrected chi connectivity index (χ2v) is 2.87. The summed E-state index contributed by atoms with van der Waals surface area (Å²) < 4.78 is 1.53. The van der Waals surface area contributed by atoms with Crippen LogP contribution in [0.5, 0.6) is 0 Å². The zero-order chi connectivity index (χ0) is 9.97. The highest BCUT2D eigenvalue weighted by Gasteiger charge is 2.11. The van der Waals surface area contributed by atoms with Crippen LogP contribution in [0.25, 0.3) is 5.95 Å². The predicted molar refractivity (Wildman–Crippen MR) is 56.8 cm³/mol. The topological polar surface area (TPSA) is 82.5 Å². The summed E-state index contributed by atoms with van der Waals surface area (Å²) >= 11 is 0. The molecule has 2 aromatic rings. The Morgan fingerprint density at radius 1 is 1.27 bits per heavy atom. The summed E-state index contributed by atoms with van der Waals surface area (Å²) in [5.41, 5.74) is 5.72. The number of nitrogens with two attached hydrogens (primary N) is 1. The van der Waals surface area contributed by atoms with Crippen molar-refractivity contribution in [3.8, 4) is 5.95 Å². The Kier molecular flexibility index (Phi) is 3.70. The van der Waals surface area contributed by atoms with E-state index in [1.54, 1.807) is 18.5 Å². The highest BCUT2D eigenvalue weighted by atomic mass is 35.5. The smallest absolute Gasteiger partial charge is 0.252 e. The maximum Gasteiger partial charge on any atom is 0.252 e. The summed E-state index contributed by atoms with van der Waals surface area (Å²) in [6.07, 6.45) is 4.74. The maximum atomic E-state index is 5.72. The van der Waals surface area contributed by atoms with Gasteiger partial charge >= 0.3 is 0 Å². The van der Waals surface area contributed by atoms with Crippen LogP contribution >= 0.6 is 12.4 Å². The highest BCUT2D eigenvalue weighted by Crippen LogP contribution is 2.07. The van der Waals surface area contributed by atoms with Gasteiger partial charge < -0.3 is 5.73 Å². The van der Waals surface area contributed by atoms with E-state index in [9.17, 15) is 0 Å². The summed E-state index contributed by atoms with van der Waals surface area (Å²) in [5, 5.41) is 4.01. The fourth-order valence-electron chi connectivity index (χ4n) is 1.12. The first-order valence-electron chi connectivity index (χ1n) is 4.22. The molecule has 15 heavy (non-hydrogen) atoms. The molecule has 0 amide bonds. The molecule has 0 saturated heterocycles. The van der Waals surface area contributed by atoms with Gasteiger partial charge in [0, 0.05) is 12.4 Å². The van der Waals surface area contributed by atoms with E-state index in [0.29, 0.717) is 11.8 Å². The monoisotopic (exact) mass is 226 g/mol. The third kappa shape index (κ3) is 2.28. The molecule has 0 aromatic carbocycles. The molecule has 2 aromatic heterocycles. The van der Waals surface area contributed by atoms with Crippen molar-refractivity contribution in [3.63, 3.8) is 0 Å². The van der Waals surface area contributed by atoms with Crippen molar-refractivity contribution >= 4 is 12.4 Å². The lowest BCUT2D eigenvalue weighted by atomic mass is 10.3. The van der Waals surface area contributed by atoms with Crippen LogP contribution in [0.15, 0.2) is 24.8 Å². The molecule has 2 rings (SSSR count). The summed E-state index contributed by atoms with van der Waals surface area (Å²) in [4.78, 5) is 12.2. The van der Waals surface area contributed by atoms with Gasteiger partial charge in [-0.2, -0.15) is 9.78 Å². The van der Waals surface area contributed by atoms with Gasteiger partial charge in [0.15, 0.2) is 5.82 Å². The minimum atomic E-state index is -0.193. The van der Waals surface area contributed by atoms with Crippen molar-refractivity contribution in [1.82, 2.24) is 24.7 Å². The summed E-state index contributed by atoms with van der Waals surface area (Å²) in [6.45, 7) is 1.84. The Balaban J connectivity index is 0.00000112. The van der Waals surface area contributed by atoms with Crippen LogP contribution in [-0.2, 0) is 0 Å². The zero-order valence-corrected chi connectivity index (χ0v) is 8.92.